The van der Waals surface area contributed by atoms with Gasteiger partial charge >= 0.3 is 11.9 Å². The molecule has 0 N–H and O–H groups in total. The van der Waals surface area contributed by atoms with Crippen LogP contribution in [0.2, 0.25) is 0 Å². The van der Waals surface area contributed by atoms with Gasteiger partial charge in [0, 0.05) is 6.92 Å². The molecular formula is C48H64O6. The first-order valence-electron chi connectivity index (χ1n) is 18.9. The zero-order chi connectivity index (χ0) is 40.6. The highest BCUT2D eigenvalue weighted by Crippen LogP contribution is 2.41. The quantitative estimate of drug-likeness (QED) is 0.164. The molecule has 4 atom stereocenters. The molecule has 0 saturated carbocycles. The Bertz CT molecular complexity index is 1670. The van der Waals surface area contributed by atoms with Gasteiger partial charge in [-0.15, -0.1) is 0 Å². The van der Waals surface area contributed by atoms with Gasteiger partial charge in [0.25, 0.3) is 6.29 Å². The van der Waals surface area contributed by atoms with Crippen molar-refractivity contribution < 1.29 is 28.5 Å². The Morgan fingerprint density at radius 3 is 0.981 bits per heavy atom. The van der Waals surface area contributed by atoms with E-state index in [2.05, 4.69) is 109 Å². The van der Waals surface area contributed by atoms with Crippen molar-refractivity contribution >= 4 is 5.97 Å². The van der Waals surface area contributed by atoms with Crippen LogP contribution in [0.4, 0.5) is 0 Å². The summed E-state index contributed by atoms with van der Waals surface area (Å²) in [5.74, 6) is -2.95. The van der Waals surface area contributed by atoms with E-state index in [4.69, 9.17) is 23.7 Å². The van der Waals surface area contributed by atoms with E-state index >= 15 is 0 Å². The lowest BCUT2D eigenvalue weighted by atomic mass is 9.82. The maximum atomic E-state index is 13.3. The summed E-state index contributed by atoms with van der Waals surface area (Å²) in [6.45, 7) is 44.4. The van der Waals surface area contributed by atoms with Gasteiger partial charge in [0.1, 0.15) is 24.4 Å². The molecule has 0 fully saturated rings. The van der Waals surface area contributed by atoms with Gasteiger partial charge in [-0.2, -0.15) is 0 Å². The predicted octanol–water partition coefficient (Wildman–Crippen LogP) is 11.5. The normalized spacial score (nSPS) is 25.5. The maximum absolute atomic E-state index is 13.3. The van der Waals surface area contributed by atoms with E-state index in [9.17, 15) is 4.79 Å². The number of esters is 1. The Balaban J connectivity index is 1.88. The fourth-order valence-corrected chi connectivity index (χ4v) is 6.19. The van der Waals surface area contributed by atoms with E-state index in [0.717, 1.165) is 22.3 Å². The average molecular weight is 737 g/mol. The minimum absolute atomic E-state index is 0.115. The Morgan fingerprint density at radius 1 is 0.500 bits per heavy atom. The van der Waals surface area contributed by atoms with E-state index in [0.29, 0.717) is 22.3 Å². The highest BCUT2D eigenvalue weighted by molar-refractivity contribution is 5.66. The number of carbonyl (C=O) groups excluding carboxylic acids is 1. The highest BCUT2D eigenvalue weighted by Gasteiger charge is 2.54. The maximum Gasteiger partial charge on any atom is 0.385 e. The van der Waals surface area contributed by atoms with Crippen molar-refractivity contribution in [3.05, 3.63) is 144 Å². The molecule has 0 bridgehead atoms. The Morgan fingerprint density at radius 2 is 0.759 bits per heavy atom. The van der Waals surface area contributed by atoms with Gasteiger partial charge < -0.3 is 23.7 Å². The summed E-state index contributed by atoms with van der Waals surface area (Å²) in [6.07, 6.45) is 19.3. The van der Waals surface area contributed by atoms with Crippen LogP contribution >= 0.6 is 0 Å². The molecule has 4 aliphatic rings. The molecule has 4 unspecified atom stereocenters. The molecule has 4 rings (SSSR count). The number of hydrogen-bond acceptors (Lipinski definition) is 6. The van der Waals surface area contributed by atoms with Crippen LogP contribution in [0.1, 0.15) is 90.0 Å². The Kier molecular flexibility index (Phi) is 12.5. The number of ether oxygens (including phenoxy) is 5. The third-order valence-corrected chi connectivity index (χ3v) is 9.79. The topological polar surface area (TPSA) is 63.2 Å². The summed E-state index contributed by atoms with van der Waals surface area (Å²) in [4.78, 5) is 13.3. The van der Waals surface area contributed by atoms with Crippen molar-refractivity contribution in [2.45, 2.75) is 127 Å². The monoisotopic (exact) mass is 736 g/mol. The van der Waals surface area contributed by atoms with Gasteiger partial charge in [0.2, 0.25) is 0 Å². The number of allylic oxidation sites excluding steroid dienone is 8. The van der Waals surface area contributed by atoms with E-state index in [1.54, 1.807) is 0 Å². The zero-order valence-electron chi connectivity index (χ0n) is 35.1. The van der Waals surface area contributed by atoms with Crippen molar-refractivity contribution in [1.29, 1.82) is 0 Å². The van der Waals surface area contributed by atoms with Crippen LogP contribution in [0, 0.1) is 21.7 Å². The second-order valence-electron chi connectivity index (χ2n) is 18.9. The molecule has 0 aromatic heterocycles. The summed E-state index contributed by atoms with van der Waals surface area (Å²) in [5, 5.41) is 0. The van der Waals surface area contributed by atoms with Crippen molar-refractivity contribution in [1.82, 2.24) is 0 Å². The Hall–Kier alpha value is -3.81. The van der Waals surface area contributed by atoms with Crippen molar-refractivity contribution in [2.24, 2.45) is 21.7 Å². The van der Waals surface area contributed by atoms with E-state index in [-0.39, 0.29) is 21.7 Å². The molecule has 6 nitrogen and oxygen atoms in total. The minimum Gasteiger partial charge on any atom is -0.404 e. The molecule has 292 valence electrons. The molecule has 6 heteroatoms. The summed E-state index contributed by atoms with van der Waals surface area (Å²) in [7, 11) is 0. The molecule has 0 spiro atoms. The third kappa shape index (κ3) is 10.5. The standard InChI is InChI=1S/C48H64O6/c1-30-26-35(44(6,7)8)18-22-39(30)50-43(51-40-23-19-36(27-31(40)2)45(9,10)11)48(52-34(5)49,53-41-24-20-37(28-32(41)3)46(12,13)14)54-42-25-21-38(29-33(42)4)47(15,16)17/h18-29,39-43H,1-4H2,5-17H3. The SMILES string of the molecule is C=C1C=C(C(C)(C)C)C=CC1OC(OC1C=CC(C(C)(C)C)=CC1=C)C(OC(C)=O)(OC1C=CC(C(C)(C)C)=CC1=C)OC1C=CC(C(C)(C)C)=CC1=C. The molecule has 0 radical (unpaired) electrons. The predicted molar refractivity (Wildman–Crippen MR) is 221 cm³/mol. The second kappa shape index (κ2) is 15.7. The summed E-state index contributed by atoms with van der Waals surface area (Å²) >= 11 is 0. The lowest BCUT2D eigenvalue weighted by Crippen LogP contribution is -2.58. The van der Waals surface area contributed by atoms with Gasteiger partial charge in [0.05, 0.1) is 0 Å². The lowest BCUT2D eigenvalue weighted by molar-refractivity contribution is -0.452. The van der Waals surface area contributed by atoms with Crippen molar-refractivity contribution in [3.63, 3.8) is 0 Å². The smallest absolute Gasteiger partial charge is 0.385 e. The largest absolute Gasteiger partial charge is 0.404 e. The summed E-state index contributed by atoms with van der Waals surface area (Å²) in [5.41, 5.74) is 6.54. The van der Waals surface area contributed by atoms with Gasteiger partial charge in [-0.05, 0) is 66.2 Å². The summed E-state index contributed by atoms with van der Waals surface area (Å²) < 4.78 is 33.8. The van der Waals surface area contributed by atoms with Crippen LogP contribution in [0.5, 0.6) is 0 Å². The summed E-state index contributed by atoms with van der Waals surface area (Å²) in [6, 6.07) is 0. The van der Waals surface area contributed by atoms with Gasteiger partial charge in [-0.3, -0.25) is 4.79 Å². The zero-order valence-corrected chi connectivity index (χ0v) is 35.1. The number of hydrogen-bond donors (Lipinski definition) is 0. The lowest BCUT2D eigenvalue weighted by Gasteiger charge is -2.44. The molecule has 0 heterocycles. The first-order chi connectivity index (χ1) is 24.7. The van der Waals surface area contributed by atoms with Crippen molar-refractivity contribution in [2.75, 3.05) is 0 Å². The first-order valence-corrected chi connectivity index (χ1v) is 18.9. The van der Waals surface area contributed by atoms with Crippen LogP contribution in [-0.2, 0) is 28.5 Å². The van der Waals surface area contributed by atoms with Gasteiger partial charge in [-0.25, -0.2) is 0 Å². The van der Waals surface area contributed by atoms with Gasteiger partial charge in [-0.1, -0.05) is 182 Å². The van der Waals surface area contributed by atoms with E-state index < -0.39 is 42.6 Å². The second-order valence-corrected chi connectivity index (χ2v) is 18.9. The van der Waals surface area contributed by atoms with Crippen LogP contribution in [0.25, 0.3) is 0 Å². The number of carbonyl (C=O) groups is 1. The first kappa shape index (κ1) is 42.9. The van der Waals surface area contributed by atoms with Crippen LogP contribution in [0.15, 0.2) is 144 Å². The van der Waals surface area contributed by atoms with Gasteiger partial charge in [0.15, 0.2) is 0 Å². The third-order valence-electron chi connectivity index (χ3n) is 9.79. The van der Waals surface area contributed by atoms with Crippen LogP contribution < -0.4 is 0 Å². The molecule has 0 aromatic carbocycles. The molecule has 0 saturated heterocycles. The van der Waals surface area contributed by atoms with Crippen LogP contribution in [-0.4, -0.2) is 42.6 Å². The minimum atomic E-state index is -2.29. The number of rotatable bonds is 10. The Labute approximate surface area is 325 Å². The molecule has 0 aromatic rings. The molecule has 4 aliphatic carbocycles. The van der Waals surface area contributed by atoms with Crippen molar-refractivity contribution in [3.8, 4) is 0 Å². The fraction of sp³-hybridized carbons (Fsp3) is 0.479. The molecule has 54 heavy (non-hydrogen) atoms. The van der Waals surface area contributed by atoms with Crippen LogP contribution in [0.3, 0.4) is 0 Å². The molecule has 0 aliphatic heterocycles. The van der Waals surface area contributed by atoms with E-state index in [1.807, 2.05) is 72.9 Å². The highest BCUT2D eigenvalue weighted by atomic mass is 16.9. The fourth-order valence-electron chi connectivity index (χ4n) is 6.19. The molecule has 0 amide bonds. The van der Waals surface area contributed by atoms with E-state index in [1.165, 1.54) is 6.92 Å². The average Bonchev–Trinajstić information content (AvgIpc) is 3.02. The molecular weight excluding hydrogens is 673 g/mol.